The Labute approximate surface area is 103 Å². The van der Waals surface area contributed by atoms with Crippen LogP contribution in [0.4, 0.5) is 0 Å². The van der Waals surface area contributed by atoms with Gasteiger partial charge in [-0.05, 0) is 22.6 Å². The Morgan fingerprint density at radius 3 is 2.81 bits per heavy atom. The third kappa shape index (κ3) is 2.19. The average Bonchev–Trinajstić information content (AvgIpc) is 2.71. The Hall–Kier alpha value is -0.710. The van der Waals surface area contributed by atoms with Gasteiger partial charge in [0, 0.05) is 0 Å². The molecule has 1 fully saturated rings. The van der Waals surface area contributed by atoms with E-state index >= 15 is 0 Å². The fourth-order valence-corrected chi connectivity index (χ4v) is 2.03. The molecule has 1 aromatic heterocycles. The van der Waals surface area contributed by atoms with Crippen molar-refractivity contribution in [3.8, 4) is 0 Å². The van der Waals surface area contributed by atoms with Crippen LogP contribution in [0.5, 0.6) is 0 Å². The van der Waals surface area contributed by atoms with Crippen molar-refractivity contribution in [3.63, 3.8) is 0 Å². The van der Waals surface area contributed by atoms with Gasteiger partial charge in [0.1, 0.15) is 9.67 Å². The zero-order valence-electron chi connectivity index (χ0n) is 8.03. The molecule has 8 heteroatoms. The molecule has 7 nitrogen and oxygen atoms in total. The molecule has 0 bridgehead atoms. The standard InChI is InChI=1S/C8H9IN2O5/c9-5-6(10-8(14)11-7(5)13)3-2-15-4(1-12)16-3/h3-4,12H,1-2H2,(H2,10,11,13,14). The van der Waals surface area contributed by atoms with Gasteiger partial charge in [-0.25, -0.2) is 4.79 Å². The van der Waals surface area contributed by atoms with Crippen LogP contribution in [0.1, 0.15) is 11.8 Å². The molecule has 1 aromatic rings. The molecule has 1 aliphatic heterocycles. The van der Waals surface area contributed by atoms with E-state index in [1.807, 2.05) is 22.6 Å². The van der Waals surface area contributed by atoms with E-state index in [0.29, 0.717) is 9.26 Å². The topological polar surface area (TPSA) is 104 Å². The molecule has 88 valence electrons. The number of aromatic amines is 2. The van der Waals surface area contributed by atoms with Crippen LogP contribution in [0.2, 0.25) is 0 Å². The van der Waals surface area contributed by atoms with E-state index in [4.69, 9.17) is 14.6 Å². The lowest BCUT2D eigenvalue weighted by Crippen LogP contribution is -2.28. The molecule has 2 heterocycles. The van der Waals surface area contributed by atoms with Crippen LogP contribution in [0.3, 0.4) is 0 Å². The van der Waals surface area contributed by atoms with E-state index in [1.165, 1.54) is 0 Å². The molecule has 0 amide bonds. The van der Waals surface area contributed by atoms with Crippen molar-refractivity contribution in [2.75, 3.05) is 13.2 Å². The van der Waals surface area contributed by atoms with Crippen LogP contribution in [-0.4, -0.2) is 34.6 Å². The van der Waals surface area contributed by atoms with Crippen molar-refractivity contribution in [1.82, 2.24) is 9.97 Å². The first kappa shape index (κ1) is 11.8. The largest absolute Gasteiger partial charge is 0.391 e. The number of aliphatic hydroxyl groups excluding tert-OH is 1. The molecule has 0 saturated carbocycles. The van der Waals surface area contributed by atoms with Gasteiger partial charge in [0.05, 0.1) is 18.9 Å². The summed E-state index contributed by atoms with van der Waals surface area (Å²) >= 11 is 1.82. The SMILES string of the molecule is O=c1[nH]c(C2COC(CO)O2)c(I)c(=O)[nH]1. The van der Waals surface area contributed by atoms with Gasteiger partial charge in [-0.15, -0.1) is 0 Å². The lowest BCUT2D eigenvalue weighted by atomic mass is 10.2. The molecule has 0 aliphatic carbocycles. The van der Waals surface area contributed by atoms with E-state index < -0.39 is 23.6 Å². The van der Waals surface area contributed by atoms with E-state index in [0.717, 1.165) is 0 Å². The minimum Gasteiger partial charge on any atom is -0.391 e. The van der Waals surface area contributed by atoms with Crippen molar-refractivity contribution >= 4 is 22.6 Å². The molecule has 0 spiro atoms. The van der Waals surface area contributed by atoms with Crippen molar-refractivity contribution in [1.29, 1.82) is 0 Å². The van der Waals surface area contributed by atoms with Crippen molar-refractivity contribution in [3.05, 3.63) is 30.1 Å². The first-order chi connectivity index (χ1) is 7.61. The van der Waals surface area contributed by atoms with Crippen LogP contribution in [0.25, 0.3) is 0 Å². The van der Waals surface area contributed by atoms with Gasteiger partial charge in [0.15, 0.2) is 6.29 Å². The normalized spacial score (nSPS) is 24.9. The van der Waals surface area contributed by atoms with Gasteiger partial charge in [0.2, 0.25) is 0 Å². The van der Waals surface area contributed by atoms with Crippen LogP contribution >= 0.6 is 22.6 Å². The Morgan fingerprint density at radius 1 is 1.44 bits per heavy atom. The molecule has 3 N–H and O–H groups in total. The first-order valence-electron chi connectivity index (χ1n) is 4.51. The summed E-state index contributed by atoms with van der Waals surface area (Å²) in [7, 11) is 0. The van der Waals surface area contributed by atoms with Crippen LogP contribution in [-0.2, 0) is 9.47 Å². The monoisotopic (exact) mass is 340 g/mol. The maximum Gasteiger partial charge on any atom is 0.326 e. The molecule has 1 aliphatic rings. The fourth-order valence-electron chi connectivity index (χ4n) is 1.41. The van der Waals surface area contributed by atoms with Gasteiger partial charge >= 0.3 is 5.69 Å². The molecule has 0 radical (unpaired) electrons. The zero-order chi connectivity index (χ0) is 11.7. The predicted octanol–water partition coefficient (Wildman–Crippen LogP) is -0.926. The molecule has 2 unspecified atom stereocenters. The maximum atomic E-state index is 11.3. The predicted molar refractivity (Wildman–Crippen MR) is 61.1 cm³/mol. The highest BCUT2D eigenvalue weighted by Gasteiger charge is 2.29. The average molecular weight is 340 g/mol. The van der Waals surface area contributed by atoms with Crippen molar-refractivity contribution in [2.24, 2.45) is 0 Å². The van der Waals surface area contributed by atoms with Crippen LogP contribution in [0, 0.1) is 3.57 Å². The summed E-state index contributed by atoms with van der Waals surface area (Å²) in [6.07, 6.45) is -1.23. The number of aromatic nitrogens is 2. The third-order valence-electron chi connectivity index (χ3n) is 2.13. The molecule has 16 heavy (non-hydrogen) atoms. The quantitative estimate of drug-likeness (QED) is 0.604. The first-order valence-corrected chi connectivity index (χ1v) is 5.59. The van der Waals surface area contributed by atoms with Gasteiger partial charge in [-0.2, -0.15) is 0 Å². The zero-order valence-corrected chi connectivity index (χ0v) is 10.2. The van der Waals surface area contributed by atoms with Gasteiger partial charge in [-0.1, -0.05) is 0 Å². The molecule has 0 aromatic carbocycles. The van der Waals surface area contributed by atoms with Gasteiger partial charge in [-0.3, -0.25) is 9.78 Å². The van der Waals surface area contributed by atoms with Gasteiger partial charge in [0.25, 0.3) is 5.56 Å². The minimum atomic E-state index is -0.705. The van der Waals surface area contributed by atoms with E-state index in [2.05, 4.69) is 9.97 Å². The van der Waals surface area contributed by atoms with Crippen molar-refractivity contribution < 1.29 is 14.6 Å². The number of hydrogen-bond acceptors (Lipinski definition) is 5. The lowest BCUT2D eigenvalue weighted by Gasteiger charge is -2.10. The Bertz CT molecular complexity index is 496. The highest BCUT2D eigenvalue weighted by Crippen LogP contribution is 2.25. The summed E-state index contributed by atoms with van der Waals surface area (Å²) in [6, 6.07) is 0. The second kappa shape index (κ2) is 4.65. The number of rotatable bonds is 2. The molecule has 2 rings (SSSR count). The summed E-state index contributed by atoms with van der Waals surface area (Å²) in [5.74, 6) is 0. The summed E-state index contributed by atoms with van der Waals surface area (Å²) < 4.78 is 10.7. The number of halogens is 1. The Kier molecular flexibility index (Phi) is 3.42. The molecular formula is C8H9IN2O5. The second-order valence-corrected chi connectivity index (χ2v) is 4.28. The summed E-state index contributed by atoms with van der Waals surface area (Å²) in [6.45, 7) is -0.0683. The van der Waals surface area contributed by atoms with E-state index in [-0.39, 0.29) is 13.2 Å². The fraction of sp³-hybridized carbons (Fsp3) is 0.500. The number of nitrogens with one attached hydrogen (secondary N) is 2. The maximum absolute atomic E-state index is 11.3. The lowest BCUT2D eigenvalue weighted by molar-refractivity contribution is -0.0888. The highest BCUT2D eigenvalue weighted by atomic mass is 127. The Balaban J connectivity index is 2.35. The molecular weight excluding hydrogens is 331 g/mol. The van der Waals surface area contributed by atoms with Crippen LogP contribution in [0.15, 0.2) is 9.59 Å². The minimum absolute atomic E-state index is 0.195. The van der Waals surface area contributed by atoms with E-state index in [9.17, 15) is 9.59 Å². The smallest absolute Gasteiger partial charge is 0.326 e. The second-order valence-electron chi connectivity index (χ2n) is 3.21. The number of hydrogen-bond donors (Lipinski definition) is 3. The molecule has 2 atom stereocenters. The number of aliphatic hydroxyl groups is 1. The third-order valence-corrected chi connectivity index (χ3v) is 3.20. The summed E-state index contributed by atoms with van der Waals surface area (Å²) in [5, 5.41) is 8.82. The highest BCUT2D eigenvalue weighted by molar-refractivity contribution is 14.1. The van der Waals surface area contributed by atoms with Crippen molar-refractivity contribution in [2.45, 2.75) is 12.4 Å². The summed E-state index contributed by atoms with van der Waals surface area (Å²) in [4.78, 5) is 27.1. The van der Waals surface area contributed by atoms with E-state index in [1.54, 1.807) is 0 Å². The molecule has 1 saturated heterocycles. The Morgan fingerprint density at radius 2 is 2.19 bits per heavy atom. The van der Waals surface area contributed by atoms with Gasteiger partial charge < -0.3 is 19.6 Å². The number of H-pyrrole nitrogens is 2. The number of ether oxygens (including phenoxy) is 2. The van der Waals surface area contributed by atoms with Crippen LogP contribution < -0.4 is 11.2 Å². The summed E-state index contributed by atoms with van der Waals surface area (Å²) in [5.41, 5.74) is -0.669.